The van der Waals surface area contributed by atoms with Crippen LogP contribution in [0.2, 0.25) is 5.02 Å². The second kappa shape index (κ2) is 6.31. The van der Waals surface area contributed by atoms with E-state index in [0.29, 0.717) is 16.8 Å². The Morgan fingerprint density at radius 3 is 2.43 bits per heavy atom. The molecule has 1 atom stereocenters. The molecule has 10 heteroatoms. The summed E-state index contributed by atoms with van der Waals surface area (Å²) >= 11 is 5.99. The van der Waals surface area contributed by atoms with E-state index in [0.717, 1.165) is 31.7 Å². The molecule has 0 bridgehead atoms. The molecule has 5 rings (SSSR count). The van der Waals surface area contributed by atoms with Gasteiger partial charge in [-0.15, -0.1) is 0 Å². The van der Waals surface area contributed by atoms with Gasteiger partial charge in [0.2, 0.25) is 0 Å². The highest BCUT2D eigenvalue weighted by molar-refractivity contribution is 6.31. The van der Waals surface area contributed by atoms with Crippen LogP contribution in [-0.4, -0.2) is 19.3 Å². The van der Waals surface area contributed by atoms with Gasteiger partial charge in [-0.05, 0) is 49.3 Å². The van der Waals surface area contributed by atoms with Crippen LogP contribution in [0, 0.1) is 5.92 Å². The predicted molar refractivity (Wildman–Crippen MR) is 105 cm³/mol. The summed E-state index contributed by atoms with van der Waals surface area (Å²) in [4.78, 5) is 17.4. The quantitative estimate of drug-likeness (QED) is 0.674. The molecule has 0 aliphatic heterocycles. The zero-order chi connectivity index (χ0) is 21.4. The number of alkyl halides is 3. The number of nitrogens with two attached hydrogens (primary N) is 1. The zero-order valence-electron chi connectivity index (χ0n) is 16.1. The van der Waals surface area contributed by atoms with Crippen molar-refractivity contribution in [3.63, 3.8) is 0 Å². The van der Waals surface area contributed by atoms with E-state index in [9.17, 15) is 18.0 Å². The Balaban J connectivity index is 1.71. The maximum Gasteiger partial charge on any atom is 0.417 e. The Hall–Kier alpha value is -2.39. The summed E-state index contributed by atoms with van der Waals surface area (Å²) in [7, 11) is 1.67. The zero-order valence-corrected chi connectivity index (χ0v) is 16.8. The van der Waals surface area contributed by atoms with E-state index in [1.54, 1.807) is 11.6 Å². The number of hydrogen-bond donors (Lipinski definition) is 1. The third-order valence-corrected chi connectivity index (χ3v) is 6.39. The van der Waals surface area contributed by atoms with Crippen molar-refractivity contribution in [2.45, 2.75) is 43.4 Å². The first kappa shape index (κ1) is 19.6. The van der Waals surface area contributed by atoms with Crippen LogP contribution in [0.4, 0.5) is 13.2 Å². The molecular formula is C20H19ClF3N5O. The third-order valence-electron chi connectivity index (χ3n) is 6.08. The third kappa shape index (κ3) is 2.86. The van der Waals surface area contributed by atoms with E-state index >= 15 is 0 Å². The topological polar surface area (TPSA) is 78.7 Å². The molecule has 3 aromatic rings. The van der Waals surface area contributed by atoms with Crippen LogP contribution >= 0.6 is 11.6 Å². The number of nitrogens with zero attached hydrogens (tertiary/aromatic N) is 4. The van der Waals surface area contributed by atoms with Crippen molar-refractivity contribution >= 4 is 22.6 Å². The summed E-state index contributed by atoms with van der Waals surface area (Å²) < 4.78 is 42.6. The van der Waals surface area contributed by atoms with E-state index in [4.69, 9.17) is 17.3 Å². The minimum atomic E-state index is -4.55. The lowest BCUT2D eigenvalue weighted by Gasteiger charge is -2.31. The first-order chi connectivity index (χ1) is 14.1. The summed E-state index contributed by atoms with van der Waals surface area (Å²) in [6.45, 7) is 0. The van der Waals surface area contributed by atoms with E-state index < -0.39 is 22.3 Å². The number of aromatic nitrogens is 4. The van der Waals surface area contributed by atoms with Crippen LogP contribution < -0.4 is 11.3 Å². The van der Waals surface area contributed by atoms with Gasteiger partial charge in [0.05, 0.1) is 28.1 Å². The van der Waals surface area contributed by atoms with E-state index in [-0.39, 0.29) is 23.0 Å². The van der Waals surface area contributed by atoms with Gasteiger partial charge >= 0.3 is 6.18 Å². The van der Waals surface area contributed by atoms with Gasteiger partial charge in [-0.2, -0.15) is 18.3 Å². The van der Waals surface area contributed by atoms with Crippen LogP contribution in [0.5, 0.6) is 0 Å². The number of benzene rings is 1. The molecule has 1 aromatic carbocycles. The molecule has 2 saturated carbocycles. The molecule has 2 heterocycles. The van der Waals surface area contributed by atoms with E-state index in [2.05, 4.69) is 10.1 Å². The molecule has 2 N–H and O–H groups in total. The Morgan fingerprint density at radius 2 is 1.87 bits per heavy atom. The van der Waals surface area contributed by atoms with Crippen molar-refractivity contribution in [1.29, 1.82) is 0 Å². The van der Waals surface area contributed by atoms with Crippen molar-refractivity contribution < 1.29 is 13.2 Å². The molecular weight excluding hydrogens is 419 g/mol. The van der Waals surface area contributed by atoms with E-state index in [1.807, 2.05) is 0 Å². The highest BCUT2D eigenvalue weighted by Gasteiger charge is 2.49. The minimum absolute atomic E-state index is 0.0171. The van der Waals surface area contributed by atoms with Crippen molar-refractivity contribution in [2.24, 2.45) is 18.7 Å². The Labute approximate surface area is 174 Å². The number of hydrogen-bond acceptors (Lipinski definition) is 4. The number of halogens is 4. The van der Waals surface area contributed by atoms with Gasteiger partial charge in [-0.3, -0.25) is 14.0 Å². The van der Waals surface area contributed by atoms with Crippen LogP contribution in [0.15, 0.2) is 29.3 Å². The van der Waals surface area contributed by atoms with Gasteiger partial charge < -0.3 is 5.73 Å². The van der Waals surface area contributed by atoms with Crippen molar-refractivity contribution in [3.8, 4) is 0 Å². The number of fused-ring (bicyclic) bond motifs is 1. The van der Waals surface area contributed by atoms with Gasteiger partial charge in [0, 0.05) is 13.1 Å². The average molecular weight is 438 g/mol. The average Bonchev–Trinajstić information content (AvgIpc) is 3.57. The Bertz CT molecular complexity index is 1230. The summed E-state index contributed by atoms with van der Waals surface area (Å²) in [5.41, 5.74) is 6.15. The normalized spacial score (nSPS) is 19.3. The van der Waals surface area contributed by atoms with Crippen LogP contribution in [0.25, 0.3) is 11.0 Å². The maximum atomic E-state index is 13.2. The molecule has 1 unspecified atom stereocenters. The molecule has 0 saturated heterocycles. The van der Waals surface area contributed by atoms with Gasteiger partial charge in [0.15, 0.2) is 5.52 Å². The lowest BCUT2D eigenvalue weighted by atomic mass is 9.81. The van der Waals surface area contributed by atoms with Gasteiger partial charge in [-0.1, -0.05) is 17.7 Å². The maximum absolute atomic E-state index is 13.2. The molecule has 30 heavy (non-hydrogen) atoms. The van der Waals surface area contributed by atoms with Crippen LogP contribution in [0.3, 0.4) is 0 Å². The van der Waals surface area contributed by atoms with Crippen molar-refractivity contribution in [3.05, 3.63) is 56.7 Å². The first-order valence-electron chi connectivity index (χ1n) is 9.72. The fourth-order valence-electron chi connectivity index (χ4n) is 4.26. The molecule has 6 nitrogen and oxygen atoms in total. The highest BCUT2D eigenvalue weighted by atomic mass is 35.5. The summed E-state index contributed by atoms with van der Waals surface area (Å²) in [5, 5.41) is 3.98. The Morgan fingerprint density at radius 1 is 1.17 bits per heavy atom. The van der Waals surface area contributed by atoms with E-state index in [1.165, 1.54) is 23.1 Å². The monoisotopic (exact) mass is 437 g/mol. The molecule has 0 radical (unpaired) electrons. The van der Waals surface area contributed by atoms with Crippen LogP contribution in [-0.2, 0) is 18.8 Å². The van der Waals surface area contributed by atoms with Crippen molar-refractivity contribution in [2.75, 3.05) is 0 Å². The molecule has 2 aliphatic carbocycles. The summed E-state index contributed by atoms with van der Waals surface area (Å²) in [6, 6.07) is 3.73. The Kier molecular flexibility index (Phi) is 4.11. The smallest absolute Gasteiger partial charge is 0.316 e. The largest absolute Gasteiger partial charge is 0.417 e. The molecule has 0 amide bonds. The minimum Gasteiger partial charge on any atom is -0.316 e. The highest BCUT2D eigenvalue weighted by Crippen LogP contribution is 2.50. The van der Waals surface area contributed by atoms with Gasteiger partial charge in [0.25, 0.3) is 5.56 Å². The first-order valence-corrected chi connectivity index (χ1v) is 10.1. The standard InChI is InChI=1S/C20H19ClF3N5O/c1-28-17(15-16(27-28)18(30)29(9-26-15)12-5-6-12)19(25,10-2-3-10)11-4-7-13(14(21)8-11)20(22,23)24/h4,7-10,12H,2-3,5-6,25H2,1H3. The number of rotatable bonds is 4. The molecule has 158 valence electrons. The predicted octanol–water partition coefficient (Wildman–Crippen LogP) is 3.75. The lowest BCUT2D eigenvalue weighted by molar-refractivity contribution is -0.137. The molecule has 2 aromatic heterocycles. The fraction of sp³-hybridized carbons (Fsp3) is 0.450. The fourth-order valence-corrected chi connectivity index (χ4v) is 4.54. The molecule has 2 fully saturated rings. The second-order valence-corrected chi connectivity index (χ2v) is 8.60. The van der Waals surface area contributed by atoms with Crippen LogP contribution in [0.1, 0.15) is 48.5 Å². The summed E-state index contributed by atoms with van der Waals surface area (Å²) in [5.74, 6) is -0.0171. The lowest BCUT2D eigenvalue weighted by Crippen LogP contribution is -2.42. The molecule has 0 spiro atoms. The number of aryl methyl sites for hydroxylation is 1. The second-order valence-electron chi connectivity index (χ2n) is 8.19. The van der Waals surface area contributed by atoms with Gasteiger partial charge in [-0.25, -0.2) is 4.98 Å². The SMILES string of the molecule is Cn1nc2c(=O)n(C3CC3)cnc2c1C(N)(c1ccc(C(F)(F)F)c(Cl)c1)C1CC1. The molecule has 2 aliphatic rings. The van der Waals surface area contributed by atoms with Crippen molar-refractivity contribution in [1.82, 2.24) is 19.3 Å². The summed E-state index contributed by atoms with van der Waals surface area (Å²) in [6.07, 6.45) is 0.434. The van der Waals surface area contributed by atoms with Gasteiger partial charge in [0.1, 0.15) is 5.52 Å².